The second-order valence-electron chi connectivity index (χ2n) is 10.9. The number of aromatic nitrogens is 2. The molecule has 0 saturated carbocycles. The van der Waals surface area contributed by atoms with Gasteiger partial charge in [-0.3, -0.25) is 19.2 Å². The monoisotopic (exact) mass is 660 g/mol. The highest BCUT2D eigenvalue weighted by atomic mass is 35.5. The number of carbonyl (C=O) groups excluding carboxylic acids is 3. The highest BCUT2D eigenvalue weighted by Crippen LogP contribution is 2.30. The van der Waals surface area contributed by atoms with Gasteiger partial charge in [-0.1, -0.05) is 11.6 Å². The Bertz CT molecular complexity index is 1590. The van der Waals surface area contributed by atoms with Crippen molar-refractivity contribution in [2.24, 2.45) is 18.9 Å². The first kappa shape index (κ1) is 34.3. The van der Waals surface area contributed by atoms with E-state index in [1.165, 1.54) is 49.2 Å². The molecule has 0 spiro atoms. The zero-order valence-corrected chi connectivity index (χ0v) is 26.1. The third kappa shape index (κ3) is 7.80. The summed E-state index contributed by atoms with van der Waals surface area (Å²) in [7, 11) is 2.74. The molecule has 1 aromatic heterocycles. The first-order valence-electron chi connectivity index (χ1n) is 14.6. The predicted molar refractivity (Wildman–Crippen MR) is 166 cm³/mol. The maximum absolute atomic E-state index is 14.6. The standard InChI is InChI=1S/C30H33ClF2N6O4.CH2O2/c1-38-23(21-5-6-24(43-2)26(33)25(21)32)16-35-27(38)29(41)37-19-3-4-20(22(31)13-19)30(42)39-11-8-18(9-12-39)28(40)36-15-17-7-10-34-14-17;2-1-3/h3-6,13,16-18,34H,7-12,14-15H2,1-2H3,(H,36,40)(H,37,41);1H,(H,2,3)/t17-;/m0./s1. The number of likely N-dealkylation sites (tertiary alicyclic amines) is 1. The third-order valence-corrected chi connectivity index (χ3v) is 8.38. The Labute approximate surface area is 269 Å². The summed E-state index contributed by atoms with van der Waals surface area (Å²) in [6, 6.07) is 7.19. The minimum atomic E-state index is -1.14. The largest absolute Gasteiger partial charge is 0.494 e. The average molecular weight is 661 g/mol. The topological polar surface area (TPSA) is 155 Å². The van der Waals surface area contributed by atoms with Crippen molar-refractivity contribution < 1.29 is 37.8 Å². The number of nitrogens with zero attached hydrogens (tertiary/aromatic N) is 3. The molecule has 246 valence electrons. The van der Waals surface area contributed by atoms with Gasteiger partial charge in [0.05, 0.1) is 29.6 Å². The summed E-state index contributed by atoms with van der Waals surface area (Å²) in [4.78, 5) is 52.9. The molecule has 3 aromatic rings. The lowest BCUT2D eigenvalue weighted by atomic mass is 9.95. The number of amides is 3. The molecule has 12 nitrogen and oxygen atoms in total. The average Bonchev–Trinajstić information content (AvgIpc) is 3.71. The fraction of sp³-hybridized carbons (Fsp3) is 0.387. The quantitative estimate of drug-likeness (QED) is 0.268. The van der Waals surface area contributed by atoms with Crippen molar-refractivity contribution in [2.45, 2.75) is 19.3 Å². The first-order chi connectivity index (χ1) is 22.1. The summed E-state index contributed by atoms with van der Waals surface area (Å²) in [5.74, 6) is -3.02. The van der Waals surface area contributed by atoms with Gasteiger partial charge < -0.3 is 35.3 Å². The molecule has 0 bridgehead atoms. The number of benzene rings is 2. The molecule has 15 heteroatoms. The number of nitrogens with one attached hydrogen (secondary N) is 3. The van der Waals surface area contributed by atoms with Crippen molar-refractivity contribution in [2.75, 3.05) is 45.2 Å². The Kier molecular flexibility index (Phi) is 11.7. The molecule has 2 aliphatic rings. The van der Waals surface area contributed by atoms with Crippen LogP contribution >= 0.6 is 11.6 Å². The van der Waals surface area contributed by atoms with Crippen LogP contribution in [0.25, 0.3) is 11.3 Å². The van der Waals surface area contributed by atoms with Crippen LogP contribution in [0.15, 0.2) is 36.5 Å². The van der Waals surface area contributed by atoms with Gasteiger partial charge in [-0.2, -0.15) is 4.39 Å². The number of hydrogen-bond donors (Lipinski definition) is 4. The minimum Gasteiger partial charge on any atom is -0.494 e. The number of imidazole rings is 1. The van der Waals surface area contributed by atoms with Crippen LogP contribution in [0, 0.1) is 23.5 Å². The molecule has 0 aliphatic carbocycles. The normalized spacial score (nSPS) is 16.3. The van der Waals surface area contributed by atoms with E-state index in [4.69, 9.17) is 26.2 Å². The number of rotatable bonds is 8. The predicted octanol–water partition coefficient (Wildman–Crippen LogP) is 3.56. The van der Waals surface area contributed by atoms with Crippen molar-refractivity contribution in [1.29, 1.82) is 0 Å². The van der Waals surface area contributed by atoms with Crippen LogP contribution in [0.2, 0.25) is 5.02 Å². The van der Waals surface area contributed by atoms with E-state index in [0.717, 1.165) is 19.5 Å². The molecular weight excluding hydrogens is 626 g/mol. The van der Waals surface area contributed by atoms with Gasteiger partial charge in [0.2, 0.25) is 11.7 Å². The van der Waals surface area contributed by atoms with Crippen LogP contribution in [-0.2, 0) is 16.6 Å². The highest BCUT2D eigenvalue weighted by molar-refractivity contribution is 6.34. The molecule has 2 saturated heterocycles. The number of halogens is 3. The van der Waals surface area contributed by atoms with E-state index in [1.807, 2.05) is 0 Å². The number of carbonyl (C=O) groups is 4. The fourth-order valence-electron chi connectivity index (χ4n) is 5.50. The summed E-state index contributed by atoms with van der Waals surface area (Å²) >= 11 is 6.45. The molecule has 2 aliphatic heterocycles. The van der Waals surface area contributed by atoms with Crippen molar-refractivity contribution in [3.8, 4) is 17.0 Å². The third-order valence-electron chi connectivity index (χ3n) is 8.07. The molecule has 2 fully saturated rings. The van der Waals surface area contributed by atoms with Crippen molar-refractivity contribution in [3.05, 3.63) is 64.6 Å². The Balaban J connectivity index is 0.00000154. The molecule has 0 radical (unpaired) electrons. The molecule has 2 aromatic carbocycles. The highest BCUT2D eigenvalue weighted by Gasteiger charge is 2.29. The SMILES string of the molecule is COc1ccc(-c2cnc(C(=O)Nc3ccc(C(=O)N4CCC(C(=O)NC[C@H]5CCNC5)CC4)c(Cl)c3)n2C)c(F)c1F.O=CO. The smallest absolute Gasteiger partial charge is 0.291 e. The first-order valence-corrected chi connectivity index (χ1v) is 15.0. The second kappa shape index (κ2) is 15.6. The summed E-state index contributed by atoms with van der Waals surface area (Å²) in [5.41, 5.74) is 0.721. The van der Waals surface area contributed by atoms with Crippen LogP contribution in [0.3, 0.4) is 0 Å². The molecule has 4 N–H and O–H groups in total. The van der Waals surface area contributed by atoms with Crippen molar-refractivity contribution in [1.82, 2.24) is 25.1 Å². The zero-order chi connectivity index (χ0) is 33.4. The van der Waals surface area contributed by atoms with Crippen LogP contribution < -0.4 is 20.7 Å². The molecular formula is C31H35ClF2N6O6. The summed E-state index contributed by atoms with van der Waals surface area (Å²) < 4.78 is 35.0. The van der Waals surface area contributed by atoms with Gasteiger partial charge in [0.25, 0.3) is 18.3 Å². The van der Waals surface area contributed by atoms with Crippen molar-refractivity contribution >= 4 is 41.5 Å². The van der Waals surface area contributed by atoms with Gasteiger partial charge in [0, 0.05) is 43.9 Å². The lowest BCUT2D eigenvalue weighted by Gasteiger charge is -2.31. The number of methoxy groups -OCH3 is 1. The number of hydrogen-bond acceptors (Lipinski definition) is 7. The maximum atomic E-state index is 14.6. The number of anilines is 1. The van der Waals surface area contributed by atoms with Gasteiger partial charge in [-0.15, -0.1) is 0 Å². The van der Waals surface area contributed by atoms with E-state index >= 15 is 0 Å². The lowest BCUT2D eigenvalue weighted by molar-refractivity contribution is -0.126. The molecule has 46 heavy (non-hydrogen) atoms. The maximum Gasteiger partial charge on any atom is 0.291 e. The fourth-order valence-corrected chi connectivity index (χ4v) is 5.77. The van der Waals surface area contributed by atoms with E-state index in [9.17, 15) is 23.2 Å². The van der Waals surface area contributed by atoms with Crippen LogP contribution in [0.1, 0.15) is 40.2 Å². The second-order valence-corrected chi connectivity index (χ2v) is 11.3. The van der Waals surface area contributed by atoms with Gasteiger partial charge in [-0.25, -0.2) is 9.37 Å². The lowest BCUT2D eigenvalue weighted by Crippen LogP contribution is -2.44. The summed E-state index contributed by atoms with van der Waals surface area (Å²) in [5, 5.41) is 16.1. The van der Waals surface area contributed by atoms with E-state index in [2.05, 4.69) is 20.9 Å². The Morgan fingerprint density at radius 2 is 1.87 bits per heavy atom. The molecule has 3 amide bonds. The Morgan fingerprint density at radius 3 is 2.50 bits per heavy atom. The van der Waals surface area contributed by atoms with Gasteiger partial charge in [0.1, 0.15) is 0 Å². The summed E-state index contributed by atoms with van der Waals surface area (Å²) in [6.45, 7) is 3.22. The minimum absolute atomic E-state index is 0.0401. The molecule has 3 heterocycles. The van der Waals surface area contributed by atoms with Crippen LogP contribution in [0.5, 0.6) is 5.75 Å². The molecule has 0 unspecified atom stereocenters. The molecule has 1 atom stereocenters. The Hall–Kier alpha value is -4.56. The van der Waals surface area contributed by atoms with E-state index in [0.29, 0.717) is 44.1 Å². The van der Waals surface area contributed by atoms with Gasteiger partial charge in [-0.05, 0) is 68.6 Å². The molecule has 5 rings (SSSR count). The van der Waals surface area contributed by atoms with E-state index < -0.39 is 17.5 Å². The van der Waals surface area contributed by atoms with Crippen LogP contribution in [0.4, 0.5) is 14.5 Å². The Morgan fingerprint density at radius 1 is 1.15 bits per heavy atom. The number of piperidine rings is 1. The summed E-state index contributed by atoms with van der Waals surface area (Å²) in [6.07, 6.45) is 3.48. The number of carboxylic acid groups (broad SMARTS) is 1. The van der Waals surface area contributed by atoms with E-state index in [1.54, 1.807) is 11.0 Å². The van der Waals surface area contributed by atoms with Crippen molar-refractivity contribution in [3.63, 3.8) is 0 Å². The van der Waals surface area contributed by atoms with E-state index in [-0.39, 0.29) is 57.6 Å². The van der Waals surface area contributed by atoms with Crippen LogP contribution in [-0.4, -0.2) is 83.6 Å². The van der Waals surface area contributed by atoms with Gasteiger partial charge >= 0.3 is 0 Å². The zero-order valence-electron chi connectivity index (χ0n) is 25.3. The number of ether oxygens (including phenoxy) is 1. The van der Waals surface area contributed by atoms with Gasteiger partial charge in [0.15, 0.2) is 17.4 Å².